The van der Waals surface area contributed by atoms with Gasteiger partial charge in [0.05, 0.1) is 19.4 Å². The number of urea groups is 1. The minimum absolute atomic E-state index is 0.370. The van der Waals surface area contributed by atoms with Crippen LogP contribution in [-0.2, 0) is 4.84 Å². The first-order valence-electron chi connectivity index (χ1n) is 6.41. The average Bonchev–Trinajstić information content (AvgIpc) is 2.96. The van der Waals surface area contributed by atoms with Crippen LogP contribution in [0.2, 0.25) is 0 Å². The van der Waals surface area contributed by atoms with Crippen molar-refractivity contribution in [2.24, 2.45) is 0 Å². The van der Waals surface area contributed by atoms with Gasteiger partial charge in [-0.3, -0.25) is 10.2 Å². The Hall–Kier alpha value is -2.12. The van der Waals surface area contributed by atoms with E-state index in [4.69, 9.17) is 9.57 Å². The van der Waals surface area contributed by atoms with E-state index in [1.165, 1.54) is 25.5 Å². The summed E-state index contributed by atoms with van der Waals surface area (Å²) in [6.45, 7) is 2.58. The van der Waals surface area contributed by atoms with Crippen LogP contribution < -0.4 is 10.1 Å². The zero-order chi connectivity index (χ0) is 15.2. The Labute approximate surface area is 127 Å². The number of hydrogen-bond acceptors (Lipinski definition) is 5. The number of hydroxylamine groups is 2. The molecule has 0 spiro atoms. The maximum atomic E-state index is 11.6. The molecular formula is C14H17N3O3S. The van der Waals surface area contributed by atoms with Crippen LogP contribution in [0.15, 0.2) is 29.6 Å². The van der Waals surface area contributed by atoms with Crippen molar-refractivity contribution in [1.29, 1.82) is 0 Å². The van der Waals surface area contributed by atoms with Crippen LogP contribution in [-0.4, -0.2) is 36.8 Å². The van der Waals surface area contributed by atoms with Crippen LogP contribution in [0.25, 0.3) is 11.3 Å². The third kappa shape index (κ3) is 3.93. The van der Waals surface area contributed by atoms with Crippen molar-refractivity contribution in [3.05, 3.63) is 29.6 Å². The Balaban J connectivity index is 2.07. The molecule has 2 aromatic rings. The van der Waals surface area contributed by atoms with Gasteiger partial charge in [-0.2, -0.15) is 0 Å². The third-order valence-corrected chi connectivity index (χ3v) is 3.50. The smallest absolute Gasteiger partial charge is 0.347 e. The van der Waals surface area contributed by atoms with Gasteiger partial charge < -0.3 is 4.74 Å². The van der Waals surface area contributed by atoms with Gasteiger partial charge in [0, 0.05) is 18.0 Å². The predicted molar refractivity (Wildman–Crippen MR) is 82.5 cm³/mol. The van der Waals surface area contributed by atoms with Crippen molar-refractivity contribution < 1.29 is 14.4 Å². The molecule has 2 rings (SSSR count). The molecule has 112 valence electrons. The van der Waals surface area contributed by atoms with Gasteiger partial charge in [-0.15, -0.1) is 11.3 Å². The summed E-state index contributed by atoms with van der Waals surface area (Å²) in [4.78, 5) is 20.8. The third-order valence-electron chi connectivity index (χ3n) is 2.74. The zero-order valence-electron chi connectivity index (χ0n) is 12.1. The maximum absolute atomic E-state index is 11.6. The van der Waals surface area contributed by atoms with Crippen LogP contribution in [0.3, 0.4) is 0 Å². The van der Waals surface area contributed by atoms with Gasteiger partial charge in [0.15, 0.2) is 5.13 Å². The monoisotopic (exact) mass is 307 g/mol. The summed E-state index contributed by atoms with van der Waals surface area (Å²) < 4.78 is 5.40. The summed E-state index contributed by atoms with van der Waals surface area (Å²) in [6.07, 6.45) is 0. The fraction of sp³-hybridized carbons (Fsp3) is 0.286. The highest BCUT2D eigenvalue weighted by Crippen LogP contribution is 2.26. The van der Waals surface area contributed by atoms with Crippen molar-refractivity contribution in [1.82, 2.24) is 10.0 Å². The number of thiazole rings is 1. The molecule has 2 amide bonds. The molecular weight excluding hydrogens is 290 g/mol. The summed E-state index contributed by atoms with van der Waals surface area (Å²) in [5.74, 6) is 0.826. The Kier molecular flexibility index (Phi) is 5.13. The lowest BCUT2D eigenvalue weighted by atomic mass is 10.2. The molecule has 1 aromatic carbocycles. The van der Waals surface area contributed by atoms with Crippen LogP contribution in [0.1, 0.15) is 6.92 Å². The van der Waals surface area contributed by atoms with E-state index in [1.54, 1.807) is 0 Å². The molecule has 21 heavy (non-hydrogen) atoms. The van der Waals surface area contributed by atoms with E-state index in [2.05, 4.69) is 10.3 Å². The van der Waals surface area contributed by atoms with Crippen LogP contribution in [0.5, 0.6) is 5.75 Å². The summed E-state index contributed by atoms with van der Waals surface area (Å²) >= 11 is 1.36. The molecule has 0 atom stereocenters. The second-order valence-electron chi connectivity index (χ2n) is 4.11. The van der Waals surface area contributed by atoms with E-state index in [9.17, 15) is 4.79 Å². The van der Waals surface area contributed by atoms with E-state index in [-0.39, 0.29) is 6.03 Å². The second kappa shape index (κ2) is 7.05. The second-order valence-corrected chi connectivity index (χ2v) is 4.96. The van der Waals surface area contributed by atoms with Gasteiger partial charge in [-0.25, -0.2) is 14.8 Å². The quantitative estimate of drug-likeness (QED) is 0.861. The van der Waals surface area contributed by atoms with Crippen LogP contribution >= 0.6 is 11.3 Å². The fourth-order valence-electron chi connectivity index (χ4n) is 1.61. The van der Waals surface area contributed by atoms with Gasteiger partial charge >= 0.3 is 6.03 Å². The van der Waals surface area contributed by atoms with Gasteiger partial charge in [0.25, 0.3) is 0 Å². The molecule has 0 fully saturated rings. The zero-order valence-corrected chi connectivity index (χ0v) is 12.9. The van der Waals surface area contributed by atoms with Crippen molar-refractivity contribution in [3.8, 4) is 17.0 Å². The van der Waals surface area contributed by atoms with Crippen molar-refractivity contribution in [3.63, 3.8) is 0 Å². The standard InChI is InChI=1S/C14H17N3O3S/c1-4-20-11-7-5-10(6-8-11)12-9-21-13(15-12)16-14(18)17(2)19-3/h5-9H,4H2,1-3H3,(H,15,16,18). The molecule has 0 saturated carbocycles. The average molecular weight is 307 g/mol. The summed E-state index contributed by atoms with van der Waals surface area (Å²) in [6, 6.07) is 7.30. The summed E-state index contributed by atoms with van der Waals surface area (Å²) in [5.41, 5.74) is 1.77. The van der Waals surface area contributed by atoms with E-state index < -0.39 is 0 Å². The van der Waals surface area contributed by atoms with Crippen molar-refractivity contribution in [2.75, 3.05) is 26.1 Å². The highest BCUT2D eigenvalue weighted by molar-refractivity contribution is 7.14. The Morgan fingerprint density at radius 1 is 1.38 bits per heavy atom. The first-order chi connectivity index (χ1) is 10.1. The summed E-state index contributed by atoms with van der Waals surface area (Å²) in [5, 5.41) is 6.16. The van der Waals surface area contributed by atoms with Crippen LogP contribution in [0.4, 0.5) is 9.93 Å². The van der Waals surface area contributed by atoms with E-state index in [0.29, 0.717) is 11.7 Å². The van der Waals surface area contributed by atoms with E-state index >= 15 is 0 Å². The number of amides is 2. The van der Waals surface area contributed by atoms with E-state index in [1.807, 2.05) is 36.6 Å². The molecule has 0 radical (unpaired) electrons. The van der Waals surface area contributed by atoms with Crippen LogP contribution in [0, 0.1) is 0 Å². The topological polar surface area (TPSA) is 63.7 Å². The number of ether oxygens (including phenoxy) is 1. The number of anilines is 1. The minimum atomic E-state index is -0.370. The number of aromatic nitrogens is 1. The number of nitrogens with zero attached hydrogens (tertiary/aromatic N) is 2. The van der Waals surface area contributed by atoms with Gasteiger partial charge in [-0.05, 0) is 31.2 Å². The molecule has 1 N–H and O–H groups in total. The van der Waals surface area contributed by atoms with Gasteiger partial charge in [-0.1, -0.05) is 0 Å². The molecule has 7 heteroatoms. The largest absolute Gasteiger partial charge is 0.494 e. The van der Waals surface area contributed by atoms with E-state index in [0.717, 1.165) is 22.1 Å². The van der Waals surface area contributed by atoms with Gasteiger partial charge in [0.2, 0.25) is 0 Å². The highest BCUT2D eigenvalue weighted by atomic mass is 32.1. The molecule has 1 heterocycles. The maximum Gasteiger partial charge on any atom is 0.347 e. The first kappa shape index (κ1) is 15.3. The molecule has 1 aromatic heterocycles. The lowest BCUT2D eigenvalue weighted by Gasteiger charge is -2.12. The van der Waals surface area contributed by atoms with Gasteiger partial charge in [0.1, 0.15) is 5.75 Å². The normalized spacial score (nSPS) is 10.2. The Morgan fingerprint density at radius 3 is 2.71 bits per heavy atom. The Bertz CT molecular complexity index is 598. The number of carbonyl (C=O) groups excluding carboxylic acids is 1. The Morgan fingerprint density at radius 2 is 2.10 bits per heavy atom. The molecule has 0 saturated heterocycles. The molecule has 6 nitrogen and oxygen atoms in total. The first-order valence-corrected chi connectivity index (χ1v) is 7.29. The fourth-order valence-corrected chi connectivity index (χ4v) is 2.31. The number of rotatable bonds is 5. The molecule has 0 unspecified atom stereocenters. The highest BCUT2D eigenvalue weighted by Gasteiger charge is 2.11. The minimum Gasteiger partial charge on any atom is -0.494 e. The van der Waals surface area contributed by atoms with Crippen molar-refractivity contribution >= 4 is 22.5 Å². The number of hydrogen-bond donors (Lipinski definition) is 1. The predicted octanol–water partition coefficient (Wildman–Crippen LogP) is 3.23. The molecule has 0 bridgehead atoms. The summed E-state index contributed by atoms with van der Waals surface area (Å²) in [7, 11) is 2.95. The lowest BCUT2D eigenvalue weighted by Crippen LogP contribution is -2.30. The number of nitrogens with one attached hydrogen (secondary N) is 1. The number of benzene rings is 1. The number of carbonyl (C=O) groups is 1. The molecule has 0 aliphatic carbocycles. The van der Waals surface area contributed by atoms with Crippen molar-refractivity contribution in [2.45, 2.75) is 6.92 Å². The molecule has 0 aliphatic heterocycles. The molecule has 0 aliphatic rings. The SMILES string of the molecule is CCOc1ccc(-c2csc(NC(=O)N(C)OC)n2)cc1. The lowest BCUT2D eigenvalue weighted by molar-refractivity contribution is -0.0598.